The average Bonchev–Trinajstić information content (AvgIpc) is 3.31. The molecule has 1 fully saturated rings. The highest BCUT2D eigenvalue weighted by molar-refractivity contribution is 5.88. The van der Waals surface area contributed by atoms with E-state index < -0.39 is 0 Å². The first kappa shape index (κ1) is 15.9. The zero-order valence-corrected chi connectivity index (χ0v) is 14.3. The van der Waals surface area contributed by atoms with E-state index in [2.05, 4.69) is 25.5 Å². The number of carbonyl (C=O) groups excluding carboxylic acids is 1. The molecule has 0 radical (unpaired) electrons. The Bertz CT molecular complexity index is 831. The lowest BCUT2D eigenvalue weighted by Crippen LogP contribution is -2.49. The number of hydrogen-bond acceptors (Lipinski definition) is 3. The molecule has 130 valence electrons. The molecule has 0 atom stereocenters. The van der Waals surface area contributed by atoms with Gasteiger partial charge < -0.3 is 14.5 Å². The van der Waals surface area contributed by atoms with Gasteiger partial charge in [-0.15, -0.1) is 0 Å². The Morgan fingerprint density at radius 1 is 1.12 bits per heavy atom. The lowest BCUT2D eigenvalue weighted by molar-refractivity contribution is -0.132. The highest BCUT2D eigenvalue weighted by atomic mass is 16.2. The second kappa shape index (κ2) is 7.11. The van der Waals surface area contributed by atoms with E-state index in [1.54, 1.807) is 6.20 Å². The number of aromatic nitrogens is 3. The molecule has 0 unspecified atom stereocenters. The van der Waals surface area contributed by atoms with Gasteiger partial charge >= 0.3 is 0 Å². The van der Waals surface area contributed by atoms with Crippen LogP contribution in [0.4, 0.5) is 0 Å². The number of benzene rings is 1. The molecule has 1 amide bonds. The van der Waals surface area contributed by atoms with Gasteiger partial charge in [0.05, 0.1) is 12.7 Å². The fourth-order valence-corrected chi connectivity index (χ4v) is 3.45. The van der Waals surface area contributed by atoms with Gasteiger partial charge in [0.15, 0.2) is 0 Å². The van der Waals surface area contributed by atoms with Crippen LogP contribution in [0, 0.1) is 0 Å². The van der Waals surface area contributed by atoms with Crippen molar-refractivity contribution in [3.63, 3.8) is 0 Å². The second-order valence-electron chi connectivity index (χ2n) is 6.56. The summed E-state index contributed by atoms with van der Waals surface area (Å²) in [7, 11) is 0. The molecule has 4 rings (SSSR count). The third-order valence-corrected chi connectivity index (χ3v) is 4.98. The highest BCUT2D eigenvalue weighted by Gasteiger charge is 2.21. The van der Waals surface area contributed by atoms with Crippen LogP contribution in [0.3, 0.4) is 0 Å². The molecular formula is C19H23N5O. The number of rotatable bonds is 5. The number of imidazole rings is 1. The SMILES string of the molecule is O=C(Cc1c[nH]c2ccccc12)N1CCN(CCn2ccnc2)CC1. The average molecular weight is 337 g/mol. The smallest absolute Gasteiger partial charge is 0.227 e. The predicted molar refractivity (Wildman–Crippen MR) is 97.2 cm³/mol. The molecular weight excluding hydrogens is 314 g/mol. The molecule has 0 saturated carbocycles. The first-order valence-electron chi connectivity index (χ1n) is 8.80. The number of aromatic amines is 1. The first-order chi connectivity index (χ1) is 12.3. The number of nitrogens with one attached hydrogen (secondary N) is 1. The van der Waals surface area contributed by atoms with Gasteiger partial charge in [-0.05, 0) is 11.6 Å². The molecule has 1 aliphatic heterocycles. The summed E-state index contributed by atoms with van der Waals surface area (Å²) in [6.07, 6.45) is 8.08. The monoisotopic (exact) mass is 337 g/mol. The lowest BCUT2D eigenvalue weighted by atomic mass is 10.1. The van der Waals surface area contributed by atoms with Crippen LogP contribution in [-0.2, 0) is 17.8 Å². The Kier molecular flexibility index (Phi) is 4.52. The normalized spacial score (nSPS) is 15.8. The quantitative estimate of drug-likeness (QED) is 0.772. The summed E-state index contributed by atoms with van der Waals surface area (Å²) in [6, 6.07) is 8.14. The summed E-state index contributed by atoms with van der Waals surface area (Å²) in [4.78, 5) is 24.4. The number of piperazine rings is 1. The van der Waals surface area contributed by atoms with Crippen LogP contribution < -0.4 is 0 Å². The summed E-state index contributed by atoms with van der Waals surface area (Å²) >= 11 is 0. The number of H-pyrrole nitrogens is 1. The summed E-state index contributed by atoms with van der Waals surface area (Å²) in [6.45, 7) is 5.45. The van der Waals surface area contributed by atoms with Crippen LogP contribution in [-0.4, -0.2) is 63.0 Å². The Morgan fingerprint density at radius 2 is 1.96 bits per heavy atom. The van der Waals surface area contributed by atoms with E-state index in [1.807, 2.05) is 41.8 Å². The molecule has 3 heterocycles. The van der Waals surface area contributed by atoms with Crippen LogP contribution in [0.5, 0.6) is 0 Å². The standard InChI is InChI=1S/C19H23N5O/c25-19(13-16-14-21-18-4-2-1-3-17(16)18)24-11-9-22(10-12-24)7-8-23-6-5-20-15-23/h1-6,14-15,21H,7-13H2. The van der Waals surface area contributed by atoms with Crippen molar-refractivity contribution in [1.29, 1.82) is 0 Å². The molecule has 0 bridgehead atoms. The maximum atomic E-state index is 12.6. The minimum absolute atomic E-state index is 0.221. The molecule has 6 nitrogen and oxygen atoms in total. The number of carbonyl (C=O) groups is 1. The van der Waals surface area contributed by atoms with Gasteiger partial charge in [0, 0.05) is 68.8 Å². The Morgan fingerprint density at radius 3 is 2.76 bits per heavy atom. The van der Waals surface area contributed by atoms with E-state index in [4.69, 9.17) is 0 Å². The highest BCUT2D eigenvalue weighted by Crippen LogP contribution is 2.19. The van der Waals surface area contributed by atoms with Gasteiger partial charge in [-0.1, -0.05) is 18.2 Å². The van der Waals surface area contributed by atoms with Crippen LogP contribution in [0.15, 0.2) is 49.2 Å². The van der Waals surface area contributed by atoms with E-state index >= 15 is 0 Å². The van der Waals surface area contributed by atoms with E-state index in [1.165, 1.54) is 0 Å². The second-order valence-corrected chi connectivity index (χ2v) is 6.56. The van der Waals surface area contributed by atoms with Gasteiger partial charge in [-0.25, -0.2) is 4.98 Å². The Hall–Kier alpha value is -2.60. The zero-order chi connectivity index (χ0) is 17.1. The number of fused-ring (bicyclic) bond motifs is 1. The largest absolute Gasteiger partial charge is 0.361 e. The molecule has 1 saturated heterocycles. The van der Waals surface area contributed by atoms with Gasteiger partial charge in [0.25, 0.3) is 0 Å². The number of para-hydroxylation sites is 1. The fourth-order valence-electron chi connectivity index (χ4n) is 3.45. The molecule has 0 spiro atoms. The number of nitrogens with zero attached hydrogens (tertiary/aromatic N) is 4. The summed E-state index contributed by atoms with van der Waals surface area (Å²) in [5.74, 6) is 0.221. The third-order valence-electron chi connectivity index (χ3n) is 4.98. The molecule has 3 aromatic rings. The van der Waals surface area contributed by atoms with Crippen molar-refractivity contribution in [1.82, 2.24) is 24.3 Å². The van der Waals surface area contributed by atoms with Crippen molar-refractivity contribution in [2.75, 3.05) is 32.7 Å². The summed E-state index contributed by atoms with van der Waals surface area (Å²) in [5, 5.41) is 1.15. The van der Waals surface area contributed by atoms with E-state index in [9.17, 15) is 4.79 Å². The maximum Gasteiger partial charge on any atom is 0.227 e. The minimum atomic E-state index is 0.221. The van der Waals surface area contributed by atoms with Gasteiger partial charge in [-0.2, -0.15) is 0 Å². The summed E-state index contributed by atoms with van der Waals surface area (Å²) < 4.78 is 2.09. The molecule has 1 aliphatic rings. The van der Waals surface area contributed by atoms with E-state index in [0.717, 1.165) is 55.7 Å². The number of hydrogen-bond donors (Lipinski definition) is 1. The van der Waals surface area contributed by atoms with Crippen molar-refractivity contribution >= 4 is 16.8 Å². The van der Waals surface area contributed by atoms with Crippen molar-refractivity contribution in [3.8, 4) is 0 Å². The lowest BCUT2D eigenvalue weighted by Gasteiger charge is -2.34. The van der Waals surface area contributed by atoms with Crippen LogP contribution >= 0.6 is 0 Å². The molecule has 6 heteroatoms. The van der Waals surface area contributed by atoms with Crippen LogP contribution in [0.25, 0.3) is 10.9 Å². The summed E-state index contributed by atoms with van der Waals surface area (Å²) in [5.41, 5.74) is 2.18. The number of amides is 1. The topological polar surface area (TPSA) is 57.2 Å². The molecule has 1 aromatic carbocycles. The zero-order valence-electron chi connectivity index (χ0n) is 14.3. The van der Waals surface area contributed by atoms with Crippen LogP contribution in [0.2, 0.25) is 0 Å². The Labute approximate surface area is 147 Å². The maximum absolute atomic E-state index is 12.6. The fraction of sp³-hybridized carbons (Fsp3) is 0.368. The molecule has 1 N–H and O–H groups in total. The van der Waals surface area contributed by atoms with Crippen molar-refractivity contribution < 1.29 is 4.79 Å². The van der Waals surface area contributed by atoms with Crippen molar-refractivity contribution in [3.05, 3.63) is 54.7 Å². The first-order valence-corrected chi connectivity index (χ1v) is 8.80. The molecule has 25 heavy (non-hydrogen) atoms. The van der Waals surface area contributed by atoms with Crippen molar-refractivity contribution in [2.45, 2.75) is 13.0 Å². The predicted octanol–water partition coefficient (Wildman–Crippen LogP) is 1.75. The minimum Gasteiger partial charge on any atom is -0.361 e. The van der Waals surface area contributed by atoms with Gasteiger partial charge in [0.1, 0.15) is 0 Å². The van der Waals surface area contributed by atoms with E-state index in [-0.39, 0.29) is 5.91 Å². The van der Waals surface area contributed by atoms with Crippen LogP contribution in [0.1, 0.15) is 5.56 Å². The third kappa shape index (κ3) is 3.58. The molecule has 0 aliphatic carbocycles. The van der Waals surface area contributed by atoms with Crippen molar-refractivity contribution in [2.24, 2.45) is 0 Å². The van der Waals surface area contributed by atoms with E-state index in [0.29, 0.717) is 6.42 Å². The van der Waals surface area contributed by atoms with Gasteiger partial charge in [-0.3, -0.25) is 9.69 Å². The Balaban J connectivity index is 1.29. The molecule has 2 aromatic heterocycles. The van der Waals surface area contributed by atoms with Gasteiger partial charge in [0.2, 0.25) is 5.91 Å².